The largest absolute Gasteiger partial charge is 0.365 e. The average Bonchev–Trinajstić information content (AvgIpc) is 3.47. The zero-order valence-corrected chi connectivity index (χ0v) is 22.5. The van der Waals surface area contributed by atoms with Crippen LogP contribution in [0.1, 0.15) is 46.5 Å². The van der Waals surface area contributed by atoms with Crippen LogP contribution in [0.15, 0.2) is 54.7 Å². The summed E-state index contributed by atoms with van der Waals surface area (Å²) < 4.78 is 1.74. The minimum absolute atomic E-state index is 0.312. The molecular weight excluding hydrogens is 484 g/mol. The molecule has 3 aromatic heterocycles. The lowest BCUT2D eigenvalue weighted by Crippen LogP contribution is -2.46. The molecule has 1 unspecified atom stereocenters. The fraction of sp³-hybridized carbons (Fsp3) is 0.387. The second kappa shape index (κ2) is 9.99. The van der Waals surface area contributed by atoms with E-state index in [0.29, 0.717) is 11.6 Å². The fourth-order valence-corrected chi connectivity index (χ4v) is 6.48. The minimum atomic E-state index is 0.312. The number of nitrogens with zero attached hydrogens (tertiary/aromatic N) is 7. The van der Waals surface area contributed by atoms with Crippen molar-refractivity contribution in [3.8, 4) is 6.07 Å². The number of rotatable bonds is 4. The molecule has 3 aliphatic rings. The number of nitriles is 1. The maximum Gasteiger partial charge on any atom is 0.142 e. The standard InChI is InChI=1S/C31H34N8/c1-22-19-38(28-6-5-27(17-32)39-29(28)9-11-34-39)21-25-4-7-30(35-31(22)25)37-14-12-36(13-15-37)20-23-2-3-24-8-10-33-18-26(24)16-23/h2-7,9,11,16,22,33H,8,10,12-15,18-21H2,1H3. The number of fused-ring (bicyclic) bond motifs is 3. The highest BCUT2D eigenvalue weighted by atomic mass is 15.3. The van der Waals surface area contributed by atoms with Crippen LogP contribution in [0.2, 0.25) is 0 Å². The number of anilines is 2. The van der Waals surface area contributed by atoms with Gasteiger partial charge in [0.25, 0.3) is 0 Å². The summed E-state index contributed by atoms with van der Waals surface area (Å²) in [6.45, 7) is 11.2. The van der Waals surface area contributed by atoms with Crippen LogP contribution >= 0.6 is 0 Å². The maximum atomic E-state index is 9.44. The predicted octanol–water partition coefficient (Wildman–Crippen LogP) is 3.69. The van der Waals surface area contributed by atoms with Gasteiger partial charge in [-0.2, -0.15) is 10.4 Å². The van der Waals surface area contributed by atoms with E-state index >= 15 is 0 Å². The third kappa shape index (κ3) is 4.52. The molecule has 1 N–H and O–H groups in total. The molecule has 0 aliphatic carbocycles. The minimum Gasteiger partial charge on any atom is -0.365 e. The van der Waals surface area contributed by atoms with Crippen molar-refractivity contribution in [1.82, 2.24) is 24.8 Å². The number of piperazine rings is 1. The van der Waals surface area contributed by atoms with Crippen LogP contribution in [0, 0.1) is 11.3 Å². The van der Waals surface area contributed by atoms with Crippen LogP contribution in [0.25, 0.3) is 5.52 Å². The molecule has 1 fully saturated rings. The Morgan fingerprint density at radius 2 is 1.85 bits per heavy atom. The molecular formula is C31H34N8. The van der Waals surface area contributed by atoms with E-state index in [1.807, 2.05) is 12.1 Å². The van der Waals surface area contributed by atoms with Gasteiger partial charge in [-0.3, -0.25) is 4.90 Å². The summed E-state index contributed by atoms with van der Waals surface area (Å²) in [5, 5.41) is 17.3. The monoisotopic (exact) mass is 518 g/mol. The van der Waals surface area contributed by atoms with Gasteiger partial charge in [-0.15, -0.1) is 0 Å². The third-order valence-corrected chi connectivity index (χ3v) is 8.57. The first-order valence-corrected chi connectivity index (χ1v) is 14.1. The van der Waals surface area contributed by atoms with Gasteiger partial charge < -0.3 is 15.1 Å². The topological polar surface area (TPSA) is 75.7 Å². The highest BCUT2D eigenvalue weighted by Crippen LogP contribution is 2.34. The molecule has 0 bridgehead atoms. The lowest BCUT2D eigenvalue weighted by molar-refractivity contribution is 0.249. The van der Waals surface area contributed by atoms with Crippen LogP contribution < -0.4 is 15.1 Å². The van der Waals surface area contributed by atoms with Crippen molar-refractivity contribution in [2.45, 2.75) is 38.9 Å². The Morgan fingerprint density at radius 1 is 0.974 bits per heavy atom. The van der Waals surface area contributed by atoms with E-state index in [-0.39, 0.29) is 0 Å². The third-order valence-electron chi connectivity index (χ3n) is 8.57. The molecule has 6 heterocycles. The summed E-state index contributed by atoms with van der Waals surface area (Å²) in [5.74, 6) is 1.41. The van der Waals surface area contributed by atoms with Crippen molar-refractivity contribution in [1.29, 1.82) is 5.26 Å². The first-order valence-electron chi connectivity index (χ1n) is 14.1. The van der Waals surface area contributed by atoms with Crippen LogP contribution in [0.3, 0.4) is 0 Å². The summed E-state index contributed by atoms with van der Waals surface area (Å²) in [7, 11) is 0. The summed E-state index contributed by atoms with van der Waals surface area (Å²) in [6.07, 6.45) is 2.90. The lowest BCUT2D eigenvalue weighted by atomic mass is 9.95. The Kier molecular flexibility index (Phi) is 6.18. The number of hydrogen-bond acceptors (Lipinski definition) is 7. The molecule has 8 heteroatoms. The molecule has 1 aromatic carbocycles. The molecule has 0 spiro atoms. The van der Waals surface area contributed by atoms with Crippen molar-refractivity contribution in [3.05, 3.63) is 88.4 Å². The van der Waals surface area contributed by atoms with Gasteiger partial charge in [0.1, 0.15) is 17.6 Å². The average molecular weight is 519 g/mol. The Hall–Kier alpha value is -3.93. The number of aromatic nitrogens is 3. The lowest BCUT2D eigenvalue weighted by Gasteiger charge is -2.37. The van der Waals surface area contributed by atoms with Crippen LogP contribution in [-0.4, -0.2) is 58.8 Å². The zero-order valence-electron chi connectivity index (χ0n) is 22.5. The van der Waals surface area contributed by atoms with Crippen LogP contribution in [0.5, 0.6) is 0 Å². The van der Waals surface area contributed by atoms with Gasteiger partial charge in [0.2, 0.25) is 0 Å². The van der Waals surface area contributed by atoms with Crippen molar-refractivity contribution in [2.24, 2.45) is 0 Å². The van der Waals surface area contributed by atoms with Crippen LogP contribution in [0.4, 0.5) is 11.5 Å². The Labute approximate surface area is 229 Å². The maximum absolute atomic E-state index is 9.44. The van der Waals surface area contributed by atoms with Gasteiger partial charge in [-0.1, -0.05) is 31.2 Å². The smallest absolute Gasteiger partial charge is 0.142 e. The van der Waals surface area contributed by atoms with Gasteiger partial charge in [-0.25, -0.2) is 9.50 Å². The molecule has 0 radical (unpaired) electrons. The first kappa shape index (κ1) is 24.1. The molecule has 3 aliphatic heterocycles. The predicted molar refractivity (Wildman–Crippen MR) is 153 cm³/mol. The number of pyridine rings is 2. The van der Waals surface area contributed by atoms with Crippen LogP contribution in [-0.2, 0) is 26.1 Å². The molecule has 39 heavy (non-hydrogen) atoms. The van der Waals surface area contributed by atoms with E-state index in [4.69, 9.17) is 4.98 Å². The van der Waals surface area contributed by atoms with Gasteiger partial charge in [0.15, 0.2) is 0 Å². The number of hydrogen-bond donors (Lipinski definition) is 1. The van der Waals surface area contributed by atoms with Crippen molar-refractivity contribution < 1.29 is 0 Å². The summed E-state index contributed by atoms with van der Waals surface area (Å²) in [6, 6.07) is 19.7. The van der Waals surface area contributed by atoms with E-state index in [1.54, 1.807) is 10.7 Å². The quantitative estimate of drug-likeness (QED) is 0.442. The molecule has 198 valence electrons. The van der Waals surface area contributed by atoms with Gasteiger partial charge in [-0.05, 0) is 59.5 Å². The number of nitrogens with one attached hydrogen (secondary N) is 1. The molecule has 0 amide bonds. The second-order valence-corrected chi connectivity index (χ2v) is 11.1. The highest BCUT2D eigenvalue weighted by Gasteiger charge is 2.27. The Balaban J connectivity index is 1.03. The molecule has 4 aromatic rings. The van der Waals surface area contributed by atoms with Gasteiger partial charge in [0, 0.05) is 58.3 Å². The van der Waals surface area contributed by atoms with Gasteiger partial charge in [0.05, 0.1) is 23.1 Å². The van der Waals surface area contributed by atoms with E-state index in [0.717, 1.165) is 82.3 Å². The molecule has 0 saturated carbocycles. The first-order chi connectivity index (χ1) is 19.2. The van der Waals surface area contributed by atoms with Crippen molar-refractivity contribution in [2.75, 3.05) is 49.1 Å². The molecule has 8 nitrogen and oxygen atoms in total. The van der Waals surface area contributed by atoms with E-state index < -0.39 is 0 Å². The van der Waals surface area contributed by atoms with E-state index in [9.17, 15) is 5.26 Å². The Morgan fingerprint density at radius 3 is 2.72 bits per heavy atom. The molecule has 1 atom stereocenters. The Bertz CT molecular complexity index is 1560. The SMILES string of the molecule is CC1CN(c2ccc(C#N)n3nccc23)Cc2ccc(N3CCN(Cc4ccc5c(c4)CNCC5)CC3)nc21. The summed E-state index contributed by atoms with van der Waals surface area (Å²) in [5.41, 5.74) is 9.52. The second-order valence-electron chi connectivity index (χ2n) is 11.1. The van der Waals surface area contributed by atoms with E-state index in [2.05, 4.69) is 74.5 Å². The zero-order chi connectivity index (χ0) is 26.3. The fourth-order valence-electron chi connectivity index (χ4n) is 6.48. The van der Waals surface area contributed by atoms with Gasteiger partial charge >= 0.3 is 0 Å². The summed E-state index contributed by atoms with van der Waals surface area (Å²) in [4.78, 5) is 12.6. The normalized spacial score (nSPS) is 19.5. The number of benzene rings is 1. The van der Waals surface area contributed by atoms with Crippen molar-refractivity contribution in [3.63, 3.8) is 0 Å². The van der Waals surface area contributed by atoms with E-state index in [1.165, 1.54) is 27.9 Å². The van der Waals surface area contributed by atoms with Crippen molar-refractivity contribution >= 4 is 17.0 Å². The molecule has 1 saturated heterocycles. The molecule has 7 rings (SSSR count). The summed E-state index contributed by atoms with van der Waals surface area (Å²) >= 11 is 0. The highest BCUT2D eigenvalue weighted by molar-refractivity contribution is 5.74.